The molecule has 1 aliphatic rings. The van der Waals surface area contributed by atoms with Crippen LogP contribution in [0, 0.1) is 0 Å². The van der Waals surface area contributed by atoms with Gasteiger partial charge in [-0.25, -0.2) is 0 Å². The van der Waals surface area contributed by atoms with Gasteiger partial charge in [-0.3, -0.25) is 0 Å². The summed E-state index contributed by atoms with van der Waals surface area (Å²) < 4.78 is 11.8. The van der Waals surface area contributed by atoms with Gasteiger partial charge in [-0.2, -0.15) is 0 Å². The molecular weight excluding hydrogens is 306 g/mol. The number of methoxy groups -OCH3 is 1. The molecule has 2 rings (SSSR count). The monoisotopic (exact) mass is 327 g/mol. The first-order valence-corrected chi connectivity index (χ1v) is 7.60. The van der Waals surface area contributed by atoms with Crippen LogP contribution < -0.4 is 5.32 Å². The first-order valence-electron chi connectivity index (χ1n) is 6.80. The van der Waals surface area contributed by atoms with Crippen LogP contribution in [0.4, 0.5) is 0 Å². The van der Waals surface area contributed by atoms with Crippen molar-refractivity contribution in [1.82, 2.24) is 5.32 Å². The number of hydrogen-bond donors (Lipinski definition) is 1. The Bertz CT molecular complexity index is 374. The van der Waals surface area contributed by atoms with E-state index in [1.54, 1.807) is 7.11 Å². The standard InChI is InChI=1S/C15H22BrNO2/c1-18-11-8-17-12-15(6-9-19-10-7-15)13-2-4-14(16)5-3-13/h2-5,17H,6-12H2,1H3. The first kappa shape index (κ1) is 15.0. The summed E-state index contributed by atoms with van der Waals surface area (Å²) in [5.74, 6) is 0. The molecule has 1 aromatic carbocycles. The maximum atomic E-state index is 5.54. The lowest BCUT2D eigenvalue weighted by Gasteiger charge is -2.38. The molecule has 0 aromatic heterocycles. The summed E-state index contributed by atoms with van der Waals surface area (Å²) in [6, 6.07) is 8.71. The third-order valence-corrected chi connectivity index (χ3v) is 4.38. The maximum Gasteiger partial charge on any atom is 0.0587 e. The molecule has 1 aromatic rings. The lowest BCUT2D eigenvalue weighted by molar-refractivity contribution is 0.0492. The highest BCUT2D eigenvalue weighted by Gasteiger charge is 2.33. The van der Waals surface area contributed by atoms with Crippen LogP contribution in [0.5, 0.6) is 0 Å². The van der Waals surface area contributed by atoms with E-state index in [2.05, 4.69) is 45.5 Å². The summed E-state index contributed by atoms with van der Waals surface area (Å²) in [5.41, 5.74) is 1.61. The molecule has 1 saturated heterocycles. The van der Waals surface area contributed by atoms with Crippen molar-refractivity contribution in [1.29, 1.82) is 0 Å². The predicted molar refractivity (Wildman–Crippen MR) is 80.6 cm³/mol. The van der Waals surface area contributed by atoms with Gasteiger partial charge in [0.15, 0.2) is 0 Å². The van der Waals surface area contributed by atoms with Crippen molar-refractivity contribution >= 4 is 15.9 Å². The number of halogens is 1. The molecule has 19 heavy (non-hydrogen) atoms. The van der Waals surface area contributed by atoms with E-state index in [4.69, 9.17) is 9.47 Å². The summed E-state index contributed by atoms with van der Waals surface area (Å²) in [6.45, 7) is 4.34. The quantitative estimate of drug-likeness (QED) is 0.815. The SMILES string of the molecule is COCCNCC1(c2ccc(Br)cc2)CCOCC1. The van der Waals surface area contributed by atoms with Crippen LogP contribution in [0.15, 0.2) is 28.7 Å². The predicted octanol–water partition coefficient (Wildman–Crippen LogP) is 2.73. The van der Waals surface area contributed by atoms with Crippen LogP contribution in [0.2, 0.25) is 0 Å². The third kappa shape index (κ3) is 4.02. The minimum Gasteiger partial charge on any atom is -0.383 e. The molecule has 0 aliphatic carbocycles. The molecule has 1 heterocycles. The Balaban J connectivity index is 2.07. The Kier molecular flexibility index (Phi) is 5.82. The molecular formula is C15H22BrNO2. The minimum absolute atomic E-state index is 0.201. The van der Waals surface area contributed by atoms with Crippen molar-refractivity contribution in [3.63, 3.8) is 0 Å². The van der Waals surface area contributed by atoms with E-state index in [1.807, 2.05) is 0 Å². The van der Waals surface area contributed by atoms with E-state index in [9.17, 15) is 0 Å². The number of rotatable bonds is 6. The highest BCUT2D eigenvalue weighted by molar-refractivity contribution is 9.10. The van der Waals surface area contributed by atoms with E-state index >= 15 is 0 Å². The average Bonchev–Trinajstić information content (AvgIpc) is 2.45. The molecule has 1 N–H and O–H groups in total. The number of ether oxygens (including phenoxy) is 2. The van der Waals surface area contributed by atoms with Gasteiger partial charge in [-0.15, -0.1) is 0 Å². The van der Waals surface area contributed by atoms with Gasteiger partial charge in [-0.05, 0) is 30.5 Å². The van der Waals surface area contributed by atoms with Crippen LogP contribution >= 0.6 is 15.9 Å². The molecule has 0 bridgehead atoms. The normalized spacial score (nSPS) is 18.4. The Morgan fingerprint density at radius 2 is 1.95 bits per heavy atom. The molecule has 0 saturated carbocycles. The van der Waals surface area contributed by atoms with Crippen molar-refractivity contribution in [2.45, 2.75) is 18.3 Å². The highest BCUT2D eigenvalue weighted by Crippen LogP contribution is 2.34. The number of nitrogens with one attached hydrogen (secondary N) is 1. The lowest BCUT2D eigenvalue weighted by Crippen LogP contribution is -2.43. The zero-order chi connectivity index (χ0) is 13.6. The molecule has 4 heteroatoms. The largest absolute Gasteiger partial charge is 0.383 e. The highest BCUT2D eigenvalue weighted by atomic mass is 79.9. The lowest BCUT2D eigenvalue weighted by atomic mass is 9.74. The molecule has 0 spiro atoms. The van der Waals surface area contributed by atoms with Crippen LogP contribution in [-0.4, -0.2) is 40.0 Å². The molecule has 1 aliphatic heterocycles. The van der Waals surface area contributed by atoms with E-state index in [0.29, 0.717) is 0 Å². The van der Waals surface area contributed by atoms with Gasteiger partial charge in [0.05, 0.1) is 6.61 Å². The molecule has 0 amide bonds. The van der Waals surface area contributed by atoms with E-state index in [-0.39, 0.29) is 5.41 Å². The minimum atomic E-state index is 0.201. The molecule has 3 nitrogen and oxygen atoms in total. The fraction of sp³-hybridized carbons (Fsp3) is 0.600. The van der Waals surface area contributed by atoms with Gasteiger partial charge < -0.3 is 14.8 Å². The second kappa shape index (κ2) is 7.39. The summed E-state index contributed by atoms with van der Waals surface area (Å²) >= 11 is 3.50. The second-order valence-electron chi connectivity index (χ2n) is 5.07. The van der Waals surface area contributed by atoms with Crippen LogP contribution in [0.25, 0.3) is 0 Å². The summed E-state index contributed by atoms with van der Waals surface area (Å²) in [5, 5.41) is 3.52. The fourth-order valence-corrected chi connectivity index (χ4v) is 2.90. The topological polar surface area (TPSA) is 30.5 Å². The Morgan fingerprint density at radius 3 is 2.58 bits per heavy atom. The third-order valence-electron chi connectivity index (χ3n) is 3.85. The van der Waals surface area contributed by atoms with Gasteiger partial charge in [0, 0.05) is 43.3 Å². The van der Waals surface area contributed by atoms with Crippen molar-refractivity contribution in [2.24, 2.45) is 0 Å². The summed E-state index contributed by atoms with van der Waals surface area (Å²) in [6.07, 6.45) is 2.16. The molecule has 0 unspecified atom stereocenters. The molecule has 0 radical (unpaired) electrons. The number of benzene rings is 1. The van der Waals surface area contributed by atoms with Crippen molar-refractivity contribution in [3.8, 4) is 0 Å². The zero-order valence-electron chi connectivity index (χ0n) is 11.5. The zero-order valence-corrected chi connectivity index (χ0v) is 13.0. The van der Waals surface area contributed by atoms with Crippen LogP contribution in [0.1, 0.15) is 18.4 Å². The summed E-state index contributed by atoms with van der Waals surface area (Å²) in [4.78, 5) is 0. The summed E-state index contributed by atoms with van der Waals surface area (Å²) in [7, 11) is 1.74. The number of hydrogen-bond acceptors (Lipinski definition) is 3. The maximum absolute atomic E-state index is 5.54. The van der Waals surface area contributed by atoms with Crippen molar-refractivity contribution < 1.29 is 9.47 Å². The van der Waals surface area contributed by atoms with Crippen molar-refractivity contribution in [3.05, 3.63) is 34.3 Å². The Morgan fingerprint density at radius 1 is 1.26 bits per heavy atom. The average molecular weight is 328 g/mol. The van der Waals surface area contributed by atoms with Crippen molar-refractivity contribution in [2.75, 3.05) is 40.0 Å². The smallest absolute Gasteiger partial charge is 0.0587 e. The molecule has 1 fully saturated rings. The van der Waals surface area contributed by atoms with Crippen LogP contribution in [0.3, 0.4) is 0 Å². The van der Waals surface area contributed by atoms with Gasteiger partial charge in [-0.1, -0.05) is 28.1 Å². The second-order valence-corrected chi connectivity index (χ2v) is 5.98. The van der Waals surface area contributed by atoms with Crippen LogP contribution in [-0.2, 0) is 14.9 Å². The first-order chi connectivity index (χ1) is 9.27. The van der Waals surface area contributed by atoms with E-state index in [1.165, 1.54) is 5.56 Å². The molecule has 0 atom stereocenters. The van der Waals surface area contributed by atoms with Gasteiger partial charge in [0.25, 0.3) is 0 Å². The van der Waals surface area contributed by atoms with E-state index in [0.717, 1.165) is 50.2 Å². The molecule has 106 valence electrons. The Labute approximate surface area is 123 Å². The Hall–Kier alpha value is -0.420. The van der Waals surface area contributed by atoms with Gasteiger partial charge in [0.2, 0.25) is 0 Å². The van der Waals surface area contributed by atoms with Gasteiger partial charge >= 0.3 is 0 Å². The fourth-order valence-electron chi connectivity index (χ4n) is 2.63. The van der Waals surface area contributed by atoms with E-state index < -0.39 is 0 Å². The van der Waals surface area contributed by atoms with Gasteiger partial charge in [0.1, 0.15) is 0 Å².